The predicted octanol–water partition coefficient (Wildman–Crippen LogP) is 0.510. The Labute approximate surface area is 96.2 Å². The van der Waals surface area contributed by atoms with Crippen LogP contribution in [-0.2, 0) is 0 Å². The van der Waals surface area contributed by atoms with E-state index in [-0.39, 0.29) is 5.56 Å². The highest BCUT2D eigenvalue weighted by Gasteiger charge is 2.12. The third-order valence-corrected chi connectivity index (χ3v) is 2.32. The van der Waals surface area contributed by atoms with Crippen molar-refractivity contribution < 1.29 is 20.1 Å². The van der Waals surface area contributed by atoms with Crippen LogP contribution in [0.1, 0.15) is 16.8 Å². The van der Waals surface area contributed by atoms with Gasteiger partial charge in [0.15, 0.2) is 17.2 Å². The first-order chi connectivity index (χ1) is 7.56. The fourth-order valence-corrected chi connectivity index (χ4v) is 1.30. The van der Waals surface area contributed by atoms with Crippen molar-refractivity contribution in [2.75, 3.05) is 6.54 Å². The summed E-state index contributed by atoms with van der Waals surface area (Å²) in [7, 11) is 3.27. The van der Waals surface area contributed by atoms with E-state index in [1.54, 1.807) is 0 Å². The van der Waals surface area contributed by atoms with Crippen molar-refractivity contribution in [3.8, 4) is 17.2 Å². The number of rotatable bonds is 4. The fourth-order valence-electron chi connectivity index (χ4n) is 1.13. The zero-order chi connectivity index (χ0) is 12.1. The van der Waals surface area contributed by atoms with Crippen molar-refractivity contribution in [3.63, 3.8) is 0 Å². The van der Waals surface area contributed by atoms with Crippen molar-refractivity contribution in [1.82, 2.24) is 5.32 Å². The lowest BCUT2D eigenvalue weighted by atomic mass is 10.1. The zero-order valence-electron chi connectivity index (χ0n) is 8.53. The van der Waals surface area contributed by atoms with Crippen molar-refractivity contribution in [2.45, 2.75) is 12.5 Å². The maximum absolute atomic E-state index is 11.5. The van der Waals surface area contributed by atoms with E-state index < -0.39 is 23.2 Å². The number of benzene rings is 1. The van der Waals surface area contributed by atoms with Crippen LogP contribution in [0.3, 0.4) is 0 Å². The van der Waals surface area contributed by atoms with Gasteiger partial charge in [0, 0.05) is 22.4 Å². The van der Waals surface area contributed by atoms with Gasteiger partial charge in [-0.3, -0.25) is 4.79 Å². The number of carbonyl (C=O) groups excluding carboxylic acids is 1. The summed E-state index contributed by atoms with van der Waals surface area (Å²) in [6, 6.07) is 2.96. The summed E-state index contributed by atoms with van der Waals surface area (Å²) in [4.78, 5) is 11.5. The monoisotopic (exact) mass is 238 g/mol. The van der Waals surface area contributed by atoms with E-state index in [4.69, 9.17) is 5.11 Å². The molecule has 3 radical (unpaired) electrons. The molecule has 0 saturated carbocycles. The van der Waals surface area contributed by atoms with Crippen LogP contribution in [-0.4, -0.2) is 38.0 Å². The standard InChI is InChI=1S/C10H12NO4Si/c12-7-4-6(5-8(13)9(7)14)10(15)11-2-1-3-16/h4-5,12-14H,1-3H2,(H,11,15). The van der Waals surface area contributed by atoms with Crippen LogP contribution in [0.5, 0.6) is 17.2 Å². The summed E-state index contributed by atoms with van der Waals surface area (Å²) in [5, 5.41) is 30.1. The van der Waals surface area contributed by atoms with E-state index >= 15 is 0 Å². The largest absolute Gasteiger partial charge is 0.504 e. The molecule has 1 aromatic rings. The highest BCUT2D eigenvalue weighted by atomic mass is 28.1. The van der Waals surface area contributed by atoms with E-state index in [1.165, 1.54) is 0 Å². The number of phenolic OH excluding ortho intramolecular Hbond substituents is 3. The molecule has 4 N–H and O–H groups in total. The van der Waals surface area contributed by atoms with Gasteiger partial charge < -0.3 is 20.6 Å². The number of amides is 1. The van der Waals surface area contributed by atoms with E-state index in [1.807, 2.05) is 0 Å². The van der Waals surface area contributed by atoms with Gasteiger partial charge in [-0.15, -0.1) is 0 Å². The van der Waals surface area contributed by atoms with Crippen LogP contribution in [0.15, 0.2) is 12.1 Å². The summed E-state index contributed by atoms with van der Waals surface area (Å²) in [6.07, 6.45) is 0.776. The second kappa shape index (κ2) is 5.41. The molecular weight excluding hydrogens is 226 g/mol. The van der Waals surface area contributed by atoms with Gasteiger partial charge in [0.25, 0.3) is 5.91 Å². The first kappa shape index (κ1) is 12.4. The number of phenols is 3. The molecule has 85 valence electrons. The molecule has 0 unspecified atom stereocenters. The summed E-state index contributed by atoms with van der Waals surface area (Å²) in [5.74, 6) is -2.09. The maximum Gasteiger partial charge on any atom is 0.251 e. The fraction of sp³-hybridized carbons (Fsp3) is 0.300. The summed E-state index contributed by atoms with van der Waals surface area (Å²) < 4.78 is 0. The quantitative estimate of drug-likeness (QED) is 0.349. The van der Waals surface area contributed by atoms with Gasteiger partial charge in [-0.05, 0) is 18.6 Å². The molecule has 0 atom stereocenters. The Hall–Kier alpha value is -1.69. The van der Waals surface area contributed by atoms with Gasteiger partial charge in [-0.25, -0.2) is 0 Å². The second-order valence-corrected chi connectivity index (χ2v) is 3.72. The Morgan fingerprint density at radius 1 is 1.25 bits per heavy atom. The van der Waals surface area contributed by atoms with Gasteiger partial charge in [0.2, 0.25) is 0 Å². The van der Waals surface area contributed by atoms with Crippen molar-refractivity contribution >= 4 is 16.1 Å². The molecule has 0 bridgehead atoms. The maximum atomic E-state index is 11.5. The lowest BCUT2D eigenvalue weighted by Gasteiger charge is -2.06. The predicted molar refractivity (Wildman–Crippen MR) is 58.9 cm³/mol. The first-order valence-electron chi connectivity index (χ1n) is 4.74. The van der Waals surface area contributed by atoms with Crippen LogP contribution in [0.4, 0.5) is 0 Å². The van der Waals surface area contributed by atoms with E-state index in [0.717, 1.165) is 24.6 Å². The normalized spacial score (nSPS) is 10.1. The molecular formula is C10H12NO4Si. The van der Waals surface area contributed by atoms with Crippen LogP contribution in [0, 0.1) is 0 Å². The highest BCUT2D eigenvalue weighted by Crippen LogP contribution is 2.35. The minimum absolute atomic E-state index is 0.0989. The Kier molecular flexibility index (Phi) is 4.18. The summed E-state index contributed by atoms with van der Waals surface area (Å²) >= 11 is 0. The molecule has 5 nitrogen and oxygen atoms in total. The van der Waals surface area contributed by atoms with Crippen LogP contribution in [0.2, 0.25) is 6.04 Å². The Morgan fingerprint density at radius 3 is 2.31 bits per heavy atom. The lowest BCUT2D eigenvalue weighted by Crippen LogP contribution is -2.24. The smallest absolute Gasteiger partial charge is 0.251 e. The number of hydrogen-bond acceptors (Lipinski definition) is 4. The van der Waals surface area contributed by atoms with E-state index in [2.05, 4.69) is 15.6 Å². The van der Waals surface area contributed by atoms with Gasteiger partial charge in [0.1, 0.15) is 0 Å². The number of aromatic hydroxyl groups is 3. The minimum atomic E-state index is -0.628. The Morgan fingerprint density at radius 2 is 1.81 bits per heavy atom. The van der Waals surface area contributed by atoms with E-state index in [0.29, 0.717) is 6.54 Å². The molecule has 1 amide bonds. The second-order valence-electron chi connectivity index (χ2n) is 3.22. The van der Waals surface area contributed by atoms with Gasteiger partial charge in [-0.2, -0.15) is 0 Å². The Bertz CT molecular complexity index is 371. The molecule has 0 heterocycles. The summed E-state index contributed by atoms with van der Waals surface area (Å²) in [6.45, 7) is 0.491. The van der Waals surface area contributed by atoms with Gasteiger partial charge >= 0.3 is 0 Å². The van der Waals surface area contributed by atoms with Crippen molar-refractivity contribution in [3.05, 3.63) is 17.7 Å². The molecule has 0 spiro atoms. The average Bonchev–Trinajstić information content (AvgIpc) is 2.25. The Balaban J connectivity index is 2.76. The van der Waals surface area contributed by atoms with Crippen LogP contribution < -0.4 is 5.32 Å². The van der Waals surface area contributed by atoms with E-state index in [9.17, 15) is 15.0 Å². The molecule has 16 heavy (non-hydrogen) atoms. The highest BCUT2D eigenvalue weighted by molar-refractivity contribution is 6.08. The average molecular weight is 238 g/mol. The lowest BCUT2D eigenvalue weighted by molar-refractivity contribution is 0.0953. The number of nitrogens with one attached hydrogen (secondary N) is 1. The SMILES string of the molecule is O=C(NCCC[Si])c1cc(O)c(O)c(O)c1. The molecule has 0 aromatic heterocycles. The molecule has 6 heteroatoms. The molecule has 0 saturated heterocycles. The van der Waals surface area contributed by atoms with Crippen molar-refractivity contribution in [1.29, 1.82) is 0 Å². The third kappa shape index (κ3) is 2.90. The topological polar surface area (TPSA) is 89.8 Å². The number of hydrogen-bond donors (Lipinski definition) is 4. The summed E-state index contributed by atoms with van der Waals surface area (Å²) in [5.41, 5.74) is 0.0989. The van der Waals surface area contributed by atoms with Crippen molar-refractivity contribution in [2.24, 2.45) is 0 Å². The van der Waals surface area contributed by atoms with Crippen LogP contribution in [0.25, 0.3) is 0 Å². The molecule has 0 aliphatic rings. The third-order valence-electron chi connectivity index (χ3n) is 1.97. The van der Waals surface area contributed by atoms with Crippen LogP contribution >= 0.6 is 0 Å². The first-order valence-corrected chi connectivity index (χ1v) is 5.44. The minimum Gasteiger partial charge on any atom is -0.504 e. The molecule has 1 rings (SSSR count). The molecule has 0 aliphatic heterocycles. The molecule has 0 fully saturated rings. The van der Waals surface area contributed by atoms with Gasteiger partial charge in [-0.1, -0.05) is 6.04 Å². The number of carbonyl (C=O) groups is 1. The zero-order valence-corrected chi connectivity index (χ0v) is 9.53. The molecule has 0 aliphatic carbocycles. The van der Waals surface area contributed by atoms with Gasteiger partial charge in [0.05, 0.1) is 0 Å². The molecule has 1 aromatic carbocycles.